The molecule has 112 valence electrons. The van der Waals surface area contributed by atoms with Crippen molar-refractivity contribution >= 4 is 10.0 Å². The molecule has 1 aliphatic rings. The smallest absolute Gasteiger partial charge is 0.243 e. The first-order valence-electron chi connectivity index (χ1n) is 6.38. The Morgan fingerprint density at radius 2 is 1.75 bits per heavy atom. The van der Waals surface area contributed by atoms with Gasteiger partial charge in [0.25, 0.3) is 0 Å². The van der Waals surface area contributed by atoms with Crippen LogP contribution in [0.1, 0.15) is 12.8 Å². The van der Waals surface area contributed by atoms with E-state index in [-0.39, 0.29) is 4.90 Å². The van der Waals surface area contributed by atoms with Gasteiger partial charge in [0.05, 0.1) is 4.90 Å². The highest BCUT2D eigenvalue weighted by atomic mass is 32.2. The molecular formula is C13H17F2NO3S. The molecule has 0 saturated carbocycles. The second kappa shape index (κ2) is 6.15. The normalized spacial score (nSPS) is 18.4. The zero-order valence-electron chi connectivity index (χ0n) is 11.2. The van der Waals surface area contributed by atoms with Crippen LogP contribution in [0.25, 0.3) is 0 Å². The molecule has 0 aromatic heterocycles. The summed E-state index contributed by atoms with van der Waals surface area (Å²) in [6.45, 7) is 1.28. The van der Waals surface area contributed by atoms with Crippen molar-refractivity contribution < 1.29 is 21.9 Å². The largest absolute Gasteiger partial charge is 0.384 e. The van der Waals surface area contributed by atoms with Crippen molar-refractivity contribution in [2.45, 2.75) is 17.7 Å². The number of hydrogen-bond acceptors (Lipinski definition) is 3. The molecule has 20 heavy (non-hydrogen) atoms. The average molecular weight is 305 g/mol. The first-order chi connectivity index (χ1) is 9.43. The Balaban J connectivity index is 2.15. The first-order valence-corrected chi connectivity index (χ1v) is 7.82. The van der Waals surface area contributed by atoms with Gasteiger partial charge < -0.3 is 4.74 Å². The van der Waals surface area contributed by atoms with Crippen LogP contribution < -0.4 is 0 Å². The summed E-state index contributed by atoms with van der Waals surface area (Å²) in [6, 6.07) is 2.35. The molecule has 0 amide bonds. The van der Waals surface area contributed by atoms with Crippen LogP contribution in [0.5, 0.6) is 0 Å². The van der Waals surface area contributed by atoms with Crippen molar-refractivity contribution in [1.82, 2.24) is 4.31 Å². The summed E-state index contributed by atoms with van der Waals surface area (Å²) in [7, 11) is -2.22. The molecule has 0 aliphatic carbocycles. The molecule has 0 N–H and O–H groups in total. The summed E-state index contributed by atoms with van der Waals surface area (Å²) in [5, 5.41) is 0. The lowest BCUT2D eigenvalue weighted by Gasteiger charge is -2.30. The van der Waals surface area contributed by atoms with Gasteiger partial charge in [-0.3, -0.25) is 0 Å². The second-order valence-corrected chi connectivity index (χ2v) is 6.85. The molecule has 1 fully saturated rings. The predicted molar refractivity (Wildman–Crippen MR) is 69.7 cm³/mol. The van der Waals surface area contributed by atoms with Crippen LogP contribution in [0.4, 0.5) is 8.78 Å². The van der Waals surface area contributed by atoms with E-state index in [1.807, 2.05) is 0 Å². The Morgan fingerprint density at radius 1 is 1.20 bits per heavy atom. The SMILES string of the molecule is COCC1CCN(S(=O)(=O)c2cc(F)cc(F)c2)CC1. The molecule has 1 aromatic carbocycles. The van der Waals surface area contributed by atoms with Gasteiger partial charge in [0, 0.05) is 32.9 Å². The van der Waals surface area contributed by atoms with Crippen molar-refractivity contribution in [3.05, 3.63) is 29.8 Å². The number of rotatable bonds is 4. The van der Waals surface area contributed by atoms with E-state index in [4.69, 9.17) is 4.74 Å². The summed E-state index contributed by atoms with van der Waals surface area (Å²) < 4.78 is 57.3. The lowest BCUT2D eigenvalue weighted by molar-refractivity contribution is 0.121. The lowest BCUT2D eigenvalue weighted by atomic mass is 9.99. The zero-order chi connectivity index (χ0) is 14.8. The number of ether oxygens (including phenoxy) is 1. The Kier molecular flexibility index (Phi) is 4.72. The van der Waals surface area contributed by atoms with E-state index >= 15 is 0 Å². The zero-order valence-corrected chi connectivity index (χ0v) is 12.0. The Morgan fingerprint density at radius 3 is 2.25 bits per heavy atom. The van der Waals surface area contributed by atoms with E-state index < -0.39 is 21.7 Å². The highest BCUT2D eigenvalue weighted by Gasteiger charge is 2.30. The van der Waals surface area contributed by atoms with Crippen LogP contribution in [-0.4, -0.2) is 39.5 Å². The summed E-state index contributed by atoms with van der Waals surface area (Å²) in [5.41, 5.74) is 0. The lowest BCUT2D eigenvalue weighted by Crippen LogP contribution is -2.39. The van der Waals surface area contributed by atoms with Crippen molar-refractivity contribution in [3.8, 4) is 0 Å². The number of halogens is 2. The predicted octanol–water partition coefficient (Wildman–Crippen LogP) is 2.01. The molecule has 1 aromatic rings. The van der Waals surface area contributed by atoms with E-state index in [1.165, 1.54) is 4.31 Å². The maximum absolute atomic E-state index is 13.1. The number of piperidine rings is 1. The Labute approximate surface area is 117 Å². The minimum atomic E-state index is -3.83. The van der Waals surface area contributed by atoms with Crippen molar-refractivity contribution in [2.24, 2.45) is 5.92 Å². The molecular weight excluding hydrogens is 288 g/mol. The molecule has 4 nitrogen and oxygen atoms in total. The van der Waals surface area contributed by atoms with Crippen molar-refractivity contribution in [1.29, 1.82) is 0 Å². The summed E-state index contributed by atoms with van der Waals surface area (Å²) in [4.78, 5) is -0.333. The van der Waals surface area contributed by atoms with Crippen molar-refractivity contribution in [3.63, 3.8) is 0 Å². The van der Waals surface area contributed by atoms with Crippen LogP contribution in [0, 0.1) is 17.6 Å². The third-order valence-corrected chi connectivity index (χ3v) is 5.33. The van der Waals surface area contributed by atoms with E-state index in [0.717, 1.165) is 12.1 Å². The molecule has 1 saturated heterocycles. The molecule has 1 heterocycles. The van der Waals surface area contributed by atoms with Gasteiger partial charge in [0.1, 0.15) is 11.6 Å². The van der Waals surface area contributed by atoms with Gasteiger partial charge in [-0.2, -0.15) is 4.31 Å². The monoisotopic (exact) mass is 305 g/mol. The van der Waals surface area contributed by atoms with Crippen LogP contribution in [0.3, 0.4) is 0 Å². The summed E-state index contributed by atoms with van der Waals surface area (Å²) in [5.74, 6) is -1.45. The quantitative estimate of drug-likeness (QED) is 0.855. The molecule has 0 atom stereocenters. The standard InChI is InChI=1S/C13H17F2NO3S/c1-19-9-10-2-4-16(5-3-10)20(17,18)13-7-11(14)6-12(15)8-13/h6-8,10H,2-5,9H2,1H3. The minimum Gasteiger partial charge on any atom is -0.384 e. The molecule has 7 heteroatoms. The van der Waals surface area contributed by atoms with Gasteiger partial charge in [-0.15, -0.1) is 0 Å². The number of methoxy groups -OCH3 is 1. The Bertz CT molecular complexity index is 549. The number of sulfonamides is 1. The van der Waals surface area contributed by atoms with Gasteiger partial charge in [-0.1, -0.05) is 0 Å². The first kappa shape index (κ1) is 15.3. The van der Waals surface area contributed by atoms with Gasteiger partial charge in [-0.05, 0) is 30.9 Å². The average Bonchev–Trinajstić information content (AvgIpc) is 2.38. The van der Waals surface area contributed by atoms with E-state index in [2.05, 4.69) is 0 Å². The fraction of sp³-hybridized carbons (Fsp3) is 0.538. The molecule has 0 spiro atoms. The molecule has 1 aliphatic heterocycles. The third kappa shape index (κ3) is 3.34. The number of benzene rings is 1. The van der Waals surface area contributed by atoms with Gasteiger partial charge >= 0.3 is 0 Å². The summed E-state index contributed by atoms with van der Waals surface area (Å²) >= 11 is 0. The van der Waals surface area contributed by atoms with E-state index in [9.17, 15) is 17.2 Å². The van der Waals surface area contributed by atoms with Gasteiger partial charge in [0.15, 0.2) is 0 Å². The second-order valence-electron chi connectivity index (χ2n) is 4.91. The van der Waals surface area contributed by atoms with Crippen LogP contribution in [0.15, 0.2) is 23.1 Å². The van der Waals surface area contributed by atoms with Crippen molar-refractivity contribution in [2.75, 3.05) is 26.8 Å². The minimum absolute atomic E-state index is 0.329. The topological polar surface area (TPSA) is 46.6 Å². The fourth-order valence-electron chi connectivity index (χ4n) is 2.38. The fourth-order valence-corrected chi connectivity index (χ4v) is 3.89. The maximum atomic E-state index is 13.1. The number of hydrogen-bond donors (Lipinski definition) is 0. The van der Waals surface area contributed by atoms with E-state index in [1.54, 1.807) is 7.11 Å². The highest BCUT2D eigenvalue weighted by Crippen LogP contribution is 2.24. The number of nitrogens with zero attached hydrogens (tertiary/aromatic N) is 1. The molecule has 0 unspecified atom stereocenters. The van der Waals surface area contributed by atoms with Crippen LogP contribution >= 0.6 is 0 Å². The molecule has 0 radical (unpaired) electrons. The third-order valence-electron chi connectivity index (χ3n) is 3.45. The molecule has 0 bridgehead atoms. The van der Waals surface area contributed by atoms with Gasteiger partial charge in [-0.25, -0.2) is 17.2 Å². The highest BCUT2D eigenvalue weighted by molar-refractivity contribution is 7.89. The Hall–Kier alpha value is -1.05. The van der Waals surface area contributed by atoms with Crippen LogP contribution in [0.2, 0.25) is 0 Å². The van der Waals surface area contributed by atoms with E-state index in [0.29, 0.717) is 44.5 Å². The van der Waals surface area contributed by atoms with Gasteiger partial charge in [0.2, 0.25) is 10.0 Å². The molecule has 2 rings (SSSR count). The maximum Gasteiger partial charge on any atom is 0.243 e. The summed E-state index contributed by atoms with van der Waals surface area (Å²) in [6.07, 6.45) is 1.37. The van der Waals surface area contributed by atoms with Crippen LogP contribution in [-0.2, 0) is 14.8 Å².